The molecule has 0 bridgehead atoms. The lowest BCUT2D eigenvalue weighted by Gasteiger charge is -2.36. The summed E-state index contributed by atoms with van der Waals surface area (Å²) in [5.41, 5.74) is 0. The molecule has 1 heterocycles. The Hall–Kier alpha value is -2.98. The highest BCUT2D eigenvalue weighted by Gasteiger charge is 2.34. The summed E-state index contributed by atoms with van der Waals surface area (Å²) in [6, 6.07) is 13.0. The van der Waals surface area contributed by atoms with Crippen LogP contribution in [0.1, 0.15) is 13.8 Å². The number of hydrogen-bond donors (Lipinski definition) is 1. The van der Waals surface area contributed by atoms with E-state index >= 15 is 0 Å². The standard InChI is InChI=1S/C23H28FN3O5S/c1-17(2)22(25-21(28)16-32-19-8-4-3-5-9-19)23(29)26-11-13-27(14-12-26)33(30,31)20-10-6-7-18(24)15-20/h3-10,15,17,22H,11-14,16H2,1-2H3,(H,25,28)/t22-/m0/s1. The highest BCUT2D eigenvalue weighted by molar-refractivity contribution is 7.89. The Morgan fingerprint density at radius 2 is 1.70 bits per heavy atom. The van der Waals surface area contributed by atoms with Gasteiger partial charge in [-0.15, -0.1) is 0 Å². The van der Waals surface area contributed by atoms with Crippen molar-refractivity contribution in [3.05, 3.63) is 60.4 Å². The lowest BCUT2D eigenvalue weighted by atomic mass is 10.0. The number of sulfonamides is 1. The molecule has 2 aromatic carbocycles. The SMILES string of the molecule is CC(C)[C@H](NC(=O)COc1ccccc1)C(=O)N1CCN(S(=O)(=O)c2cccc(F)c2)CC1. The summed E-state index contributed by atoms with van der Waals surface area (Å²) < 4.78 is 45.7. The Balaban J connectivity index is 1.57. The van der Waals surface area contributed by atoms with Crippen LogP contribution in [0.3, 0.4) is 0 Å². The van der Waals surface area contributed by atoms with Gasteiger partial charge in [-0.2, -0.15) is 4.31 Å². The first kappa shape index (κ1) is 24.7. The molecule has 1 N–H and O–H groups in total. The molecule has 2 aromatic rings. The van der Waals surface area contributed by atoms with Gasteiger partial charge in [0.15, 0.2) is 6.61 Å². The Labute approximate surface area is 193 Å². The summed E-state index contributed by atoms with van der Waals surface area (Å²) in [6.45, 7) is 3.94. The molecule has 1 saturated heterocycles. The van der Waals surface area contributed by atoms with Crippen molar-refractivity contribution in [2.45, 2.75) is 24.8 Å². The number of rotatable bonds is 8. The molecule has 0 radical (unpaired) electrons. The van der Waals surface area contributed by atoms with Gasteiger partial charge in [0, 0.05) is 26.2 Å². The van der Waals surface area contributed by atoms with Crippen LogP contribution in [0.15, 0.2) is 59.5 Å². The number of nitrogens with one attached hydrogen (secondary N) is 1. The number of halogens is 1. The molecule has 1 aliphatic rings. The molecule has 1 atom stereocenters. The van der Waals surface area contributed by atoms with Crippen molar-refractivity contribution in [2.24, 2.45) is 5.92 Å². The maximum absolute atomic E-state index is 13.5. The maximum Gasteiger partial charge on any atom is 0.258 e. The second kappa shape index (κ2) is 10.8. The van der Waals surface area contributed by atoms with Gasteiger partial charge in [-0.1, -0.05) is 38.1 Å². The van der Waals surface area contributed by atoms with Gasteiger partial charge in [0.2, 0.25) is 15.9 Å². The number of amides is 2. The van der Waals surface area contributed by atoms with Gasteiger partial charge in [-0.25, -0.2) is 12.8 Å². The Bertz CT molecular complexity index is 1070. The van der Waals surface area contributed by atoms with E-state index in [-0.39, 0.29) is 49.5 Å². The fraction of sp³-hybridized carbons (Fsp3) is 0.391. The van der Waals surface area contributed by atoms with Gasteiger partial charge in [-0.3, -0.25) is 9.59 Å². The molecule has 1 fully saturated rings. The monoisotopic (exact) mass is 477 g/mol. The third-order valence-corrected chi connectivity index (χ3v) is 7.24. The van der Waals surface area contributed by atoms with Crippen LogP contribution >= 0.6 is 0 Å². The van der Waals surface area contributed by atoms with E-state index in [0.29, 0.717) is 5.75 Å². The molecular weight excluding hydrogens is 449 g/mol. The second-order valence-corrected chi connectivity index (χ2v) is 10.0. The largest absolute Gasteiger partial charge is 0.484 e. The first-order valence-electron chi connectivity index (χ1n) is 10.7. The number of piperazine rings is 1. The molecule has 0 spiro atoms. The summed E-state index contributed by atoms with van der Waals surface area (Å²) in [5, 5.41) is 2.73. The van der Waals surface area contributed by atoms with Crippen LogP contribution in [0.5, 0.6) is 5.75 Å². The van der Waals surface area contributed by atoms with Gasteiger partial charge in [0.05, 0.1) is 4.90 Å². The Morgan fingerprint density at radius 3 is 2.30 bits per heavy atom. The third kappa shape index (κ3) is 6.29. The first-order chi connectivity index (χ1) is 15.7. The van der Waals surface area contributed by atoms with E-state index < -0.39 is 27.8 Å². The molecule has 0 saturated carbocycles. The molecule has 8 nitrogen and oxygen atoms in total. The van der Waals surface area contributed by atoms with Crippen LogP contribution in [-0.2, 0) is 19.6 Å². The summed E-state index contributed by atoms with van der Waals surface area (Å²) in [6.07, 6.45) is 0. The molecular formula is C23H28FN3O5S. The zero-order chi connectivity index (χ0) is 24.0. The predicted octanol–water partition coefficient (Wildman–Crippen LogP) is 1.88. The molecule has 0 aromatic heterocycles. The van der Waals surface area contributed by atoms with Crippen LogP contribution in [0, 0.1) is 11.7 Å². The topological polar surface area (TPSA) is 96.0 Å². The molecule has 0 unspecified atom stereocenters. The minimum absolute atomic E-state index is 0.0838. The summed E-state index contributed by atoms with van der Waals surface area (Å²) >= 11 is 0. The van der Waals surface area contributed by atoms with E-state index in [9.17, 15) is 22.4 Å². The number of hydrogen-bond acceptors (Lipinski definition) is 5. The molecule has 2 amide bonds. The van der Waals surface area contributed by atoms with Gasteiger partial charge in [-0.05, 0) is 36.2 Å². The number of para-hydroxylation sites is 1. The zero-order valence-electron chi connectivity index (χ0n) is 18.6. The fourth-order valence-electron chi connectivity index (χ4n) is 3.52. The number of carbonyl (C=O) groups excluding carboxylic acids is 2. The molecule has 3 rings (SSSR count). The van der Waals surface area contributed by atoms with Crippen molar-refractivity contribution >= 4 is 21.8 Å². The highest BCUT2D eigenvalue weighted by atomic mass is 32.2. The van der Waals surface area contributed by atoms with Crippen LogP contribution in [0.25, 0.3) is 0 Å². The van der Waals surface area contributed by atoms with Crippen molar-refractivity contribution in [1.29, 1.82) is 0 Å². The van der Waals surface area contributed by atoms with E-state index in [1.165, 1.54) is 22.5 Å². The van der Waals surface area contributed by atoms with Crippen LogP contribution in [0.4, 0.5) is 4.39 Å². The smallest absolute Gasteiger partial charge is 0.258 e. The number of carbonyl (C=O) groups is 2. The minimum atomic E-state index is -3.85. The predicted molar refractivity (Wildman–Crippen MR) is 120 cm³/mol. The summed E-state index contributed by atoms with van der Waals surface area (Å²) in [5.74, 6) is -0.946. The van der Waals surface area contributed by atoms with Gasteiger partial charge in [0.1, 0.15) is 17.6 Å². The van der Waals surface area contributed by atoms with Crippen molar-refractivity contribution in [3.8, 4) is 5.75 Å². The average Bonchev–Trinajstić information content (AvgIpc) is 2.81. The molecule has 0 aliphatic carbocycles. The average molecular weight is 478 g/mol. The molecule has 1 aliphatic heterocycles. The molecule has 33 heavy (non-hydrogen) atoms. The second-order valence-electron chi connectivity index (χ2n) is 8.08. The molecule has 10 heteroatoms. The number of ether oxygens (including phenoxy) is 1. The van der Waals surface area contributed by atoms with Gasteiger partial charge in [0.25, 0.3) is 5.91 Å². The van der Waals surface area contributed by atoms with E-state index in [2.05, 4.69) is 5.32 Å². The number of nitrogens with zero attached hydrogens (tertiary/aromatic N) is 2. The lowest BCUT2D eigenvalue weighted by Crippen LogP contribution is -2.57. The zero-order valence-corrected chi connectivity index (χ0v) is 19.4. The van der Waals surface area contributed by atoms with Crippen molar-refractivity contribution < 1.29 is 27.1 Å². The number of benzene rings is 2. The lowest BCUT2D eigenvalue weighted by molar-refractivity contribution is -0.139. The molecule has 178 valence electrons. The highest BCUT2D eigenvalue weighted by Crippen LogP contribution is 2.19. The van der Waals surface area contributed by atoms with E-state index in [1.807, 2.05) is 19.9 Å². The minimum Gasteiger partial charge on any atom is -0.484 e. The van der Waals surface area contributed by atoms with E-state index in [4.69, 9.17) is 4.74 Å². The van der Waals surface area contributed by atoms with Gasteiger partial charge < -0.3 is 15.0 Å². The van der Waals surface area contributed by atoms with Crippen LogP contribution in [-0.4, -0.2) is 68.3 Å². The van der Waals surface area contributed by atoms with Crippen molar-refractivity contribution in [2.75, 3.05) is 32.8 Å². The fourth-order valence-corrected chi connectivity index (χ4v) is 4.97. The quantitative estimate of drug-likeness (QED) is 0.626. The summed E-state index contributed by atoms with van der Waals surface area (Å²) in [7, 11) is -3.85. The van der Waals surface area contributed by atoms with E-state index in [0.717, 1.165) is 6.07 Å². The van der Waals surface area contributed by atoms with Gasteiger partial charge >= 0.3 is 0 Å². The Kier molecular flexibility index (Phi) is 8.04. The first-order valence-corrected chi connectivity index (χ1v) is 12.1. The third-order valence-electron chi connectivity index (χ3n) is 5.35. The van der Waals surface area contributed by atoms with Crippen molar-refractivity contribution in [1.82, 2.24) is 14.5 Å². The summed E-state index contributed by atoms with van der Waals surface area (Å²) in [4.78, 5) is 26.9. The Morgan fingerprint density at radius 1 is 1.03 bits per heavy atom. The van der Waals surface area contributed by atoms with E-state index in [1.54, 1.807) is 29.2 Å². The van der Waals surface area contributed by atoms with Crippen LogP contribution < -0.4 is 10.1 Å². The normalized spacial score (nSPS) is 15.8. The van der Waals surface area contributed by atoms with Crippen molar-refractivity contribution in [3.63, 3.8) is 0 Å². The van der Waals surface area contributed by atoms with Crippen LogP contribution in [0.2, 0.25) is 0 Å². The maximum atomic E-state index is 13.5.